The average molecular weight is 275 g/mol. The summed E-state index contributed by atoms with van der Waals surface area (Å²) in [7, 11) is 1.62. The van der Waals surface area contributed by atoms with Gasteiger partial charge in [-0.05, 0) is 42.8 Å². The Labute approximate surface area is 118 Å². The molecular weight excluding hydrogens is 257 g/mol. The van der Waals surface area contributed by atoms with Gasteiger partial charge in [0.2, 0.25) is 0 Å². The molecule has 0 aliphatic heterocycles. The third kappa shape index (κ3) is 3.48. The zero-order chi connectivity index (χ0) is 14.5. The molecule has 0 unspecified atom stereocenters. The molecule has 0 fully saturated rings. The highest BCUT2D eigenvalue weighted by molar-refractivity contribution is 5.36. The molecule has 2 aromatic rings. The lowest BCUT2D eigenvalue weighted by Gasteiger charge is -2.14. The molecule has 3 nitrogen and oxygen atoms in total. The van der Waals surface area contributed by atoms with Gasteiger partial charge in [0.1, 0.15) is 23.9 Å². The first-order valence-corrected chi connectivity index (χ1v) is 6.41. The van der Waals surface area contributed by atoms with Gasteiger partial charge >= 0.3 is 0 Å². The number of hydrogen-bond acceptors (Lipinski definition) is 3. The predicted molar refractivity (Wildman–Crippen MR) is 76.3 cm³/mol. The van der Waals surface area contributed by atoms with Crippen LogP contribution in [0.25, 0.3) is 0 Å². The minimum atomic E-state index is -0.314. The van der Waals surface area contributed by atoms with Gasteiger partial charge in [-0.3, -0.25) is 0 Å². The van der Waals surface area contributed by atoms with E-state index >= 15 is 0 Å². The fourth-order valence-electron chi connectivity index (χ4n) is 1.93. The van der Waals surface area contributed by atoms with Gasteiger partial charge in [-0.2, -0.15) is 0 Å². The second-order valence-corrected chi connectivity index (χ2v) is 4.61. The Hall–Kier alpha value is -2.07. The minimum Gasteiger partial charge on any atom is -0.497 e. The molecule has 0 amide bonds. The van der Waals surface area contributed by atoms with Crippen molar-refractivity contribution in [3.63, 3.8) is 0 Å². The maximum absolute atomic E-state index is 13.2. The Morgan fingerprint density at radius 1 is 1.20 bits per heavy atom. The van der Waals surface area contributed by atoms with Gasteiger partial charge in [0.05, 0.1) is 7.11 Å². The summed E-state index contributed by atoms with van der Waals surface area (Å²) in [6, 6.07) is 11.7. The first-order chi connectivity index (χ1) is 9.60. The smallest absolute Gasteiger partial charge is 0.124 e. The number of ether oxygens (including phenoxy) is 2. The van der Waals surface area contributed by atoms with Crippen molar-refractivity contribution in [1.82, 2.24) is 0 Å². The summed E-state index contributed by atoms with van der Waals surface area (Å²) in [6.45, 7) is 2.18. The number of rotatable bonds is 5. The predicted octanol–water partition coefficient (Wildman–Crippen LogP) is 3.43. The Kier molecular flexibility index (Phi) is 4.58. The van der Waals surface area contributed by atoms with Crippen molar-refractivity contribution in [3.05, 3.63) is 59.4 Å². The van der Waals surface area contributed by atoms with Crippen LogP contribution in [0, 0.1) is 5.82 Å². The molecule has 0 heterocycles. The number of halogens is 1. The van der Waals surface area contributed by atoms with Crippen LogP contribution in [-0.2, 0) is 6.61 Å². The maximum atomic E-state index is 13.2. The average Bonchev–Trinajstić information content (AvgIpc) is 2.46. The normalized spacial score (nSPS) is 12.0. The van der Waals surface area contributed by atoms with Crippen molar-refractivity contribution < 1.29 is 13.9 Å². The van der Waals surface area contributed by atoms with Crippen LogP contribution in [0.5, 0.6) is 11.5 Å². The van der Waals surface area contributed by atoms with Crippen molar-refractivity contribution in [2.75, 3.05) is 7.11 Å². The third-order valence-corrected chi connectivity index (χ3v) is 2.99. The van der Waals surface area contributed by atoms with Gasteiger partial charge in [0.15, 0.2) is 0 Å². The molecular formula is C16H18FNO2. The zero-order valence-corrected chi connectivity index (χ0v) is 11.6. The molecule has 20 heavy (non-hydrogen) atoms. The number of hydrogen-bond donors (Lipinski definition) is 1. The van der Waals surface area contributed by atoms with Gasteiger partial charge in [0, 0.05) is 11.6 Å². The summed E-state index contributed by atoms with van der Waals surface area (Å²) in [5.74, 6) is 1.06. The number of benzene rings is 2. The van der Waals surface area contributed by atoms with Crippen LogP contribution in [0.3, 0.4) is 0 Å². The van der Waals surface area contributed by atoms with E-state index in [-0.39, 0.29) is 11.9 Å². The Morgan fingerprint density at radius 2 is 2.00 bits per heavy atom. The largest absolute Gasteiger partial charge is 0.497 e. The Bertz CT molecular complexity index is 584. The monoisotopic (exact) mass is 275 g/mol. The molecule has 0 spiro atoms. The standard InChI is InChI=1S/C16H18FNO2/c1-11(18)15-9-13(17)6-7-16(15)20-10-12-4-3-5-14(8-12)19-2/h3-9,11H,10,18H2,1-2H3/t11-/m0/s1. The molecule has 0 aliphatic carbocycles. The molecule has 0 saturated carbocycles. The lowest BCUT2D eigenvalue weighted by molar-refractivity contribution is 0.300. The van der Waals surface area contributed by atoms with E-state index in [1.54, 1.807) is 20.1 Å². The summed E-state index contributed by atoms with van der Waals surface area (Å²) in [4.78, 5) is 0. The Morgan fingerprint density at radius 3 is 2.70 bits per heavy atom. The zero-order valence-electron chi connectivity index (χ0n) is 11.6. The molecule has 1 atom stereocenters. The second kappa shape index (κ2) is 6.39. The van der Waals surface area contributed by atoms with Gasteiger partial charge in [-0.25, -0.2) is 4.39 Å². The van der Waals surface area contributed by atoms with Crippen molar-refractivity contribution >= 4 is 0 Å². The lowest BCUT2D eigenvalue weighted by Crippen LogP contribution is -2.08. The quantitative estimate of drug-likeness (QED) is 0.909. The molecule has 0 saturated heterocycles. The van der Waals surface area contributed by atoms with Crippen LogP contribution in [0.4, 0.5) is 4.39 Å². The Balaban J connectivity index is 2.14. The van der Waals surface area contributed by atoms with Gasteiger partial charge in [-0.1, -0.05) is 12.1 Å². The van der Waals surface area contributed by atoms with E-state index in [1.807, 2.05) is 24.3 Å². The SMILES string of the molecule is COc1cccc(COc2ccc(F)cc2[C@H](C)N)c1. The topological polar surface area (TPSA) is 44.5 Å². The first-order valence-electron chi connectivity index (χ1n) is 6.41. The van der Waals surface area contributed by atoms with Crippen LogP contribution < -0.4 is 15.2 Å². The summed E-state index contributed by atoms with van der Waals surface area (Å²) < 4.78 is 24.1. The fraction of sp³-hybridized carbons (Fsp3) is 0.250. The molecule has 4 heteroatoms. The molecule has 2 N–H and O–H groups in total. The minimum absolute atomic E-state index is 0.286. The molecule has 106 valence electrons. The van der Waals surface area contributed by atoms with Gasteiger partial charge < -0.3 is 15.2 Å². The van der Waals surface area contributed by atoms with Crippen LogP contribution in [0.2, 0.25) is 0 Å². The van der Waals surface area contributed by atoms with Crippen molar-refractivity contribution in [1.29, 1.82) is 0 Å². The van der Waals surface area contributed by atoms with E-state index in [4.69, 9.17) is 15.2 Å². The lowest BCUT2D eigenvalue weighted by atomic mass is 10.1. The first kappa shape index (κ1) is 14.3. The molecule has 0 bridgehead atoms. The van der Waals surface area contributed by atoms with Crippen molar-refractivity contribution in [3.8, 4) is 11.5 Å². The maximum Gasteiger partial charge on any atom is 0.124 e. The van der Waals surface area contributed by atoms with E-state index in [2.05, 4.69) is 0 Å². The second-order valence-electron chi connectivity index (χ2n) is 4.61. The van der Waals surface area contributed by atoms with Gasteiger partial charge in [0.25, 0.3) is 0 Å². The number of methoxy groups -OCH3 is 1. The highest BCUT2D eigenvalue weighted by Crippen LogP contribution is 2.26. The van der Waals surface area contributed by atoms with E-state index in [0.29, 0.717) is 17.9 Å². The molecule has 0 aromatic heterocycles. The van der Waals surface area contributed by atoms with E-state index < -0.39 is 0 Å². The summed E-state index contributed by atoms with van der Waals surface area (Å²) >= 11 is 0. The summed E-state index contributed by atoms with van der Waals surface area (Å²) in [6.07, 6.45) is 0. The van der Waals surface area contributed by atoms with Crippen LogP contribution in [0.15, 0.2) is 42.5 Å². The third-order valence-electron chi connectivity index (χ3n) is 2.99. The summed E-state index contributed by atoms with van der Waals surface area (Å²) in [5, 5.41) is 0. The van der Waals surface area contributed by atoms with Crippen LogP contribution >= 0.6 is 0 Å². The molecule has 2 aromatic carbocycles. The van der Waals surface area contributed by atoms with E-state index in [0.717, 1.165) is 11.3 Å². The van der Waals surface area contributed by atoms with Crippen LogP contribution in [0.1, 0.15) is 24.1 Å². The van der Waals surface area contributed by atoms with Crippen molar-refractivity contribution in [2.24, 2.45) is 5.73 Å². The highest BCUT2D eigenvalue weighted by Gasteiger charge is 2.10. The molecule has 2 rings (SSSR count). The van der Waals surface area contributed by atoms with E-state index in [9.17, 15) is 4.39 Å². The van der Waals surface area contributed by atoms with Gasteiger partial charge in [-0.15, -0.1) is 0 Å². The van der Waals surface area contributed by atoms with E-state index in [1.165, 1.54) is 12.1 Å². The molecule has 0 radical (unpaired) electrons. The summed E-state index contributed by atoms with van der Waals surface area (Å²) in [5.41, 5.74) is 7.47. The fourth-order valence-corrected chi connectivity index (χ4v) is 1.93. The van der Waals surface area contributed by atoms with Crippen molar-refractivity contribution in [2.45, 2.75) is 19.6 Å². The van der Waals surface area contributed by atoms with Crippen LogP contribution in [-0.4, -0.2) is 7.11 Å². The number of nitrogens with two attached hydrogens (primary N) is 1. The highest BCUT2D eigenvalue weighted by atomic mass is 19.1. The molecule has 0 aliphatic rings.